The van der Waals surface area contributed by atoms with Crippen LogP contribution in [0.1, 0.15) is 71.6 Å². The fourth-order valence-electron chi connectivity index (χ4n) is 4.52. The van der Waals surface area contributed by atoms with Crippen LogP contribution in [0.3, 0.4) is 0 Å². The van der Waals surface area contributed by atoms with E-state index >= 15 is 0 Å². The van der Waals surface area contributed by atoms with Crippen LogP contribution < -0.4 is 5.32 Å². The summed E-state index contributed by atoms with van der Waals surface area (Å²) in [5.74, 6) is -1.69. The van der Waals surface area contributed by atoms with Crippen molar-refractivity contribution in [1.82, 2.24) is 10.2 Å². The van der Waals surface area contributed by atoms with Crippen molar-refractivity contribution in [3.63, 3.8) is 0 Å². The molecule has 3 fully saturated rings. The van der Waals surface area contributed by atoms with Crippen molar-refractivity contribution < 1.29 is 23.1 Å². The Morgan fingerprint density at radius 1 is 1.29 bits per heavy atom. The van der Waals surface area contributed by atoms with Crippen LogP contribution in [0.25, 0.3) is 0 Å². The topological polar surface area (TPSA) is 58.6 Å². The number of carbonyl (C=O) groups is 2. The first-order chi connectivity index (χ1) is 13.2. The third-order valence-electron chi connectivity index (χ3n) is 6.34. The Balaban J connectivity index is 1.49. The van der Waals surface area contributed by atoms with E-state index in [1.165, 1.54) is 0 Å². The van der Waals surface area contributed by atoms with Gasteiger partial charge in [-0.25, -0.2) is 13.6 Å². The maximum atomic E-state index is 13.2. The minimum absolute atomic E-state index is 0.0193. The van der Waals surface area contributed by atoms with Gasteiger partial charge < -0.3 is 15.0 Å². The van der Waals surface area contributed by atoms with Gasteiger partial charge in [-0.3, -0.25) is 4.79 Å². The molecule has 0 spiro atoms. The Bertz CT molecular complexity index is 582. The van der Waals surface area contributed by atoms with Crippen molar-refractivity contribution in [1.29, 1.82) is 0 Å². The Kier molecular flexibility index (Phi) is 6.77. The smallest absolute Gasteiger partial charge is 0.407 e. The van der Waals surface area contributed by atoms with Crippen molar-refractivity contribution >= 4 is 23.8 Å². The zero-order valence-corrected chi connectivity index (χ0v) is 17.7. The van der Waals surface area contributed by atoms with E-state index in [0.29, 0.717) is 19.3 Å². The lowest BCUT2D eigenvalue weighted by molar-refractivity contribution is -0.142. The summed E-state index contributed by atoms with van der Waals surface area (Å²) in [4.78, 5) is 27.2. The van der Waals surface area contributed by atoms with Crippen LogP contribution in [0.15, 0.2) is 0 Å². The number of piperidine rings is 1. The number of fused-ring (bicyclic) bond motifs is 1. The molecule has 2 heterocycles. The number of amides is 2. The monoisotopic (exact) mass is 418 g/mol. The summed E-state index contributed by atoms with van der Waals surface area (Å²) < 4.78 is 31.7. The number of rotatable bonds is 6. The maximum absolute atomic E-state index is 13.2. The van der Waals surface area contributed by atoms with E-state index in [2.05, 4.69) is 19.2 Å². The highest BCUT2D eigenvalue weighted by atomic mass is 32.2. The quantitative estimate of drug-likeness (QED) is 0.687. The summed E-state index contributed by atoms with van der Waals surface area (Å²) in [5.41, 5.74) is -0.153. The molecule has 0 aromatic rings. The van der Waals surface area contributed by atoms with Crippen LogP contribution in [0.5, 0.6) is 0 Å². The Hall–Kier alpha value is -1.05. The third-order valence-corrected chi connectivity index (χ3v) is 7.96. The molecule has 2 aliphatic heterocycles. The van der Waals surface area contributed by atoms with E-state index in [1.54, 1.807) is 0 Å². The van der Waals surface area contributed by atoms with Crippen LogP contribution in [0.2, 0.25) is 0 Å². The number of ether oxygens (including phenoxy) is 1. The molecule has 8 heteroatoms. The van der Waals surface area contributed by atoms with Gasteiger partial charge >= 0.3 is 6.09 Å². The number of alkyl carbamates (subject to hydrolysis) is 1. The van der Waals surface area contributed by atoms with Crippen molar-refractivity contribution in [3.05, 3.63) is 0 Å². The highest BCUT2D eigenvalue weighted by Crippen LogP contribution is 2.44. The molecule has 5 nitrogen and oxygen atoms in total. The number of hydrogen-bond acceptors (Lipinski definition) is 4. The first-order valence-electron chi connectivity index (χ1n) is 10.5. The van der Waals surface area contributed by atoms with Crippen LogP contribution in [0.4, 0.5) is 13.6 Å². The summed E-state index contributed by atoms with van der Waals surface area (Å²) >= 11 is 1.84. The molecule has 28 heavy (non-hydrogen) atoms. The normalized spacial score (nSPS) is 32.9. The average Bonchev–Trinajstić information content (AvgIpc) is 2.99. The number of nitrogens with one attached hydrogen (secondary N) is 1. The molecule has 1 saturated carbocycles. The summed E-state index contributed by atoms with van der Waals surface area (Å²) in [7, 11) is 0. The zero-order valence-electron chi connectivity index (χ0n) is 16.8. The van der Waals surface area contributed by atoms with Gasteiger partial charge in [-0.1, -0.05) is 19.8 Å². The number of carbonyl (C=O) groups excluding carboxylic acids is 2. The van der Waals surface area contributed by atoms with Gasteiger partial charge in [-0.15, -0.1) is 11.8 Å². The fourth-order valence-corrected chi connectivity index (χ4v) is 6.16. The minimum Gasteiger partial charge on any atom is -0.449 e. The Morgan fingerprint density at radius 3 is 2.68 bits per heavy atom. The highest BCUT2D eigenvalue weighted by molar-refractivity contribution is 8.00. The number of nitrogens with zero attached hydrogens (tertiary/aromatic N) is 1. The molecule has 2 saturated heterocycles. The standard InChI is InChI=1S/C20H32F2N2O3S/c1-3-4-9-19(2)13-28-16-6-5-15(17(25)24(16)19)23-18(26)27-12-14-7-10-20(21,22)11-8-14/h14-16H,3-13H2,1-2H3,(H,23,26). The number of halogens is 2. The van der Waals surface area contributed by atoms with Gasteiger partial charge in [0.15, 0.2) is 0 Å². The van der Waals surface area contributed by atoms with Crippen LogP contribution in [-0.2, 0) is 9.53 Å². The predicted molar refractivity (Wildman–Crippen MR) is 105 cm³/mol. The number of unbranched alkanes of at least 4 members (excludes halogenated alkanes) is 1. The molecule has 3 rings (SSSR count). The molecular formula is C20H32F2N2O3S. The first-order valence-corrected chi connectivity index (χ1v) is 11.5. The predicted octanol–water partition coefficient (Wildman–Crippen LogP) is 4.55. The molecule has 3 aliphatic rings. The van der Waals surface area contributed by atoms with E-state index in [0.717, 1.165) is 31.4 Å². The van der Waals surface area contributed by atoms with Crippen LogP contribution in [-0.4, -0.2) is 52.1 Å². The molecule has 0 radical (unpaired) electrons. The van der Waals surface area contributed by atoms with Gasteiger partial charge in [0.2, 0.25) is 11.8 Å². The molecule has 2 amide bonds. The van der Waals surface area contributed by atoms with E-state index in [1.807, 2.05) is 16.7 Å². The van der Waals surface area contributed by atoms with E-state index < -0.39 is 18.1 Å². The second-order valence-electron chi connectivity index (χ2n) is 8.75. The largest absolute Gasteiger partial charge is 0.449 e. The Morgan fingerprint density at radius 2 is 2.00 bits per heavy atom. The van der Waals surface area contributed by atoms with Crippen molar-refractivity contribution in [2.75, 3.05) is 12.4 Å². The second-order valence-corrected chi connectivity index (χ2v) is 9.91. The van der Waals surface area contributed by atoms with Crippen molar-refractivity contribution in [3.8, 4) is 0 Å². The SMILES string of the molecule is CCCCC1(C)CSC2CCC(NC(=O)OCC3CCC(F)(F)CC3)C(=O)N21. The maximum Gasteiger partial charge on any atom is 0.407 e. The highest BCUT2D eigenvalue weighted by Gasteiger charge is 2.50. The lowest BCUT2D eigenvalue weighted by Crippen LogP contribution is -2.60. The molecule has 160 valence electrons. The number of hydrogen-bond donors (Lipinski definition) is 1. The van der Waals surface area contributed by atoms with Crippen LogP contribution in [0, 0.1) is 5.92 Å². The van der Waals surface area contributed by atoms with Gasteiger partial charge in [0.1, 0.15) is 6.04 Å². The van der Waals surface area contributed by atoms with Gasteiger partial charge in [0.25, 0.3) is 0 Å². The molecule has 3 unspecified atom stereocenters. The lowest BCUT2D eigenvalue weighted by atomic mass is 9.87. The summed E-state index contributed by atoms with van der Waals surface area (Å²) in [5, 5.41) is 2.92. The third kappa shape index (κ3) is 4.92. The van der Waals surface area contributed by atoms with E-state index in [4.69, 9.17) is 4.74 Å². The molecule has 0 aromatic carbocycles. The fraction of sp³-hybridized carbons (Fsp3) is 0.900. The van der Waals surface area contributed by atoms with Crippen LogP contribution >= 0.6 is 11.8 Å². The molecule has 3 atom stereocenters. The van der Waals surface area contributed by atoms with Gasteiger partial charge in [-0.2, -0.15) is 0 Å². The van der Waals surface area contributed by atoms with Crippen molar-refractivity contribution in [2.45, 2.75) is 94.5 Å². The summed E-state index contributed by atoms with van der Waals surface area (Å²) in [6, 6.07) is -0.556. The molecular weight excluding hydrogens is 386 g/mol. The number of alkyl halides is 2. The minimum atomic E-state index is -2.58. The second kappa shape index (κ2) is 8.76. The summed E-state index contributed by atoms with van der Waals surface area (Å²) in [6.45, 7) is 4.43. The molecule has 0 bridgehead atoms. The lowest BCUT2D eigenvalue weighted by Gasteiger charge is -2.43. The average molecular weight is 419 g/mol. The van der Waals surface area contributed by atoms with E-state index in [9.17, 15) is 18.4 Å². The summed E-state index contributed by atoms with van der Waals surface area (Å²) in [6.07, 6.45) is 4.45. The number of thioether (sulfide) groups is 1. The van der Waals surface area contributed by atoms with E-state index in [-0.39, 0.29) is 42.2 Å². The van der Waals surface area contributed by atoms with Gasteiger partial charge in [-0.05, 0) is 44.9 Å². The molecule has 1 aliphatic carbocycles. The first kappa shape index (κ1) is 21.7. The Labute approximate surface area is 170 Å². The van der Waals surface area contributed by atoms with Gasteiger partial charge in [0.05, 0.1) is 17.5 Å². The molecule has 0 aromatic heterocycles. The van der Waals surface area contributed by atoms with Crippen molar-refractivity contribution in [2.24, 2.45) is 5.92 Å². The molecule has 1 N–H and O–H groups in total. The van der Waals surface area contributed by atoms with Gasteiger partial charge in [0, 0.05) is 18.6 Å². The zero-order chi connectivity index (χ0) is 20.4.